The van der Waals surface area contributed by atoms with E-state index in [0.29, 0.717) is 17.8 Å². The largest absolute Gasteiger partial charge is 0.294 e. The number of nitrogens with zero attached hydrogens (tertiary/aromatic N) is 4. The van der Waals surface area contributed by atoms with E-state index in [0.717, 1.165) is 24.4 Å². The lowest BCUT2D eigenvalue weighted by Crippen LogP contribution is -2.14. The van der Waals surface area contributed by atoms with Gasteiger partial charge in [0.2, 0.25) is 0 Å². The Morgan fingerprint density at radius 2 is 2.12 bits per heavy atom. The standard InChI is InChI=1S/C12H14N4O/c1-7(2)11-14-12-13-9-4-3-5-10(17)8(9)6-16(12)15-11/h6-7H,3-5H2,1-2H3. The molecule has 0 amide bonds. The number of aryl methyl sites for hydroxylation is 1. The first-order chi connectivity index (χ1) is 8.15. The van der Waals surface area contributed by atoms with Crippen LogP contribution in [0.2, 0.25) is 0 Å². The van der Waals surface area contributed by atoms with Crippen molar-refractivity contribution in [2.75, 3.05) is 0 Å². The average molecular weight is 230 g/mol. The molecule has 0 spiro atoms. The van der Waals surface area contributed by atoms with Gasteiger partial charge in [-0.25, -0.2) is 9.50 Å². The van der Waals surface area contributed by atoms with Crippen molar-refractivity contribution < 1.29 is 4.79 Å². The lowest BCUT2D eigenvalue weighted by molar-refractivity contribution is 0.0971. The van der Waals surface area contributed by atoms with Crippen LogP contribution in [0, 0.1) is 0 Å². The van der Waals surface area contributed by atoms with Crippen molar-refractivity contribution in [3.05, 3.63) is 23.3 Å². The molecule has 3 rings (SSSR count). The Bertz CT molecular complexity index is 600. The zero-order chi connectivity index (χ0) is 12.0. The number of hydrogen-bond acceptors (Lipinski definition) is 4. The maximum atomic E-state index is 11.8. The zero-order valence-electron chi connectivity index (χ0n) is 9.97. The van der Waals surface area contributed by atoms with Gasteiger partial charge >= 0.3 is 0 Å². The van der Waals surface area contributed by atoms with Crippen LogP contribution in [0.15, 0.2) is 6.20 Å². The highest BCUT2D eigenvalue weighted by molar-refractivity contribution is 5.97. The van der Waals surface area contributed by atoms with Gasteiger partial charge in [-0.1, -0.05) is 13.8 Å². The summed E-state index contributed by atoms with van der Waals surface area (Å²) in [5, 5.41) is 4.35. The molecule has 0 aliphatic heterocycles. The summed E-state index contributed by atoms with van der Waals surface area (Å²) in [5.41, 5.74) is 1.58. The van der Waals surface area contributed by atoms with Crippen LogP contribution in [0.3, 0.4) is 0 Å². The van der Waals surface area contributed by atoms with E-state index in [9.17, 15) is 4.79 Å². The Morgan fingerprint density at radius 3 is 2.88 bits per heavy atom. The van der Waals surface area contributed by atoms with E-state index in [4.69, 9.17) is 0 Å². The van der Waals surface area contributed by atoms with Gasteiger partial charge in [-0.05, 0) is 12.8 Å². The van der Waals surface area contributed by atoms with Gasteiger partial charge in [0.1, 0.15) is 0 Å². The highest BCUT2D eigenvalue weighted by Gasteiger charge is 2.20. The fraction of sp³-hybridized carbons (Fsp3) is 0.500. The average Bonchev–Trinajstić information content (AvgIpc) is 2.70. The SMILES string of the molecule is CC(C)c1nc2nc3c(cn2n1)C(=O)CCC3. The fourth-order valence-corrected chi connectivity index (χ4v) is 2.09. The van der Waals surface area contributed by atoms with Crippen molar-refractivity contribution in [3.8, 4) is 0 Å². The molecular weight excluding hydrogens is 216 g/mol. The van der Waals surface area contributed by atoms with Crippen molar-refractivity contribution in [2.45, 2.75) is 39.0 Å². The third-order valence-electron chi connectivity index (χ3n) is 3.06. The van der Waals surface area contributed by atoms with Crippen molar-refractivity contribution >= 4 is 11.6 Å². The minimum absolute atomic E-state index is 0.169. The van der Waals surface area contributed by atoms with Crippen LogP contribution in [0.4, 0.5) is 0 Å². The third-order valence-corrected chi connectivity index (χ3v) is 3.06. The molecule has 1 aliphatic rings. The smallest absolute Gasteiger partial charge is 0.252 e. The number of rotatable bonds is 1. The monoisotopic (exact) mass is 230 g/mol. The molecule has 2 heterocycles. The van der Waals surface area contributed by atoms with Gasteiger partial charge in [0, 0.05) is 18.5 Å². The highest BCUT2D eigenvalue weighted by atomic mass is 16.1. The summed E-state index contributed by atoms with van der Waals surface area (Å²) in [4.78, 5) is 20.6. The van der Waals surface area contributed by atoms with Crippen LogP contribution in [-0.4, -0.2) is 25.4 Å². The summed E-state index contributed by atoms with van der Waals surface area (Å²) in [7, 11) is 0. The summed E-state index contributed by atoms with van der Waals surface area (Å²) in [5.74, 6) is 1.81. The zero-order valence-corrected chi connectivity index (χ0v) is 9.97. The van der Waals surface area contributed by atoms with Gasteiger partial charge in [0.05, 0.1) is 11.3 Å². The number of fused-ring (bicyclic) bond motifs is 2. The van der Waals surface area contributed by atoms with E-state index in [-0.39, 0.29) is 11.7 Å². The number of carbonyl (C=O) groups is 1. The Morgan fingerprint density at radius 1 is 1.29 bits per heavy atom. The van der Waals surface area contributed by atoms with Crippen LogP contribution in [-0.2, 0) is 6.42 Å². The first-order valence-electron chi connectivity index (χ1n) is 5.94. The van der Waals surface area contributed by atoms with Gasteiger partial charge in [-0.2, -0.15) is 4.98 Å². The van der Waals surface area contributed by atoms with E-state index in [2.05, 4.69) is 15.1 Å². The summed E-state index contributed by atoms with van der Waals surface area (Å²) in [6.07, 6.45) is 4.14. The number of carbonyl (C=O) groups excluding carboxylic acids is 1. The predicted molar refractivity (Wildman–Crippen MR) is 62.1 cm³/mol. The summed E-state index contributed by atoms with van der Waals surface area (Å²) >= 11 is 0. The second kappa shape index (κ2) is 3.61. The fourth-order valence-electron chi connectivity index (χ4n) is 2.09. The molecule has 0 radical (unpaired) electrons. The summed E-state index contributed by atoms with van der Waals surface area (Å²) in [6.45, 7) is 4.08. The van der Waals surface area contributed by atoms with Gasteiger partial charge in [-0.15, -0.1) is 5.10 Å². The molecule has 5 heteroatoms. The lowest BCUT2D eigenvalue weighted by atomic mass is 9.96. The number of hydrogen-bond donors (Lipinski definition) is 0. The molecule has 0 aromatic carbocycles. The van der Waals surface area contributed by atoms with Gasteiger partial charge < -0.3 is 0 Å². The highest BCUT2D eigenvalue weighted by Crippen LogP contribution is 2.20. The molecule has 0 fully saturated rings. The second-order valence-electron chi connectivity index (χ2n) is 4.75. The first-order valence-corrected chi connectivity index (χ1v) is 5.94. The van der Waals surface area contributed by atoms with Crippen LogP contribution in [0.5, 0.6) is 0 Å². The van der Waals surface area contributed by atoms with Crippen LogP contribution < -0.4 is 0 Å². The Labute approximate surface area is 98.9 Å². The van der Waals surface area contributed by atoms with Crippen LogP contribution in [0.1, 0.15) is 54.5 Å². The number of Topliss-reactive ketones (excluding diaryl/α,β-unsaturated/α-hetero) is 1. The van der Waals surface area contributed by atoms with E-state index in [1.54, 1.807) is 10.7 Å². The second-order valence-corrected chi connectivity index (χ2v) is 4.75. The molecule has 17 heavy (non-hydrogen) atoms. The van der Waals surface area contributed by atoms with Crippen molar-refractivity contribution in [1.82, 2.24) is 19.6 Å². The van der Waals surface area contributed by atoms with E-state index < -0.39 is 0 Å². The molecule has 0 atom stereocenters. The lowest BCUT2D eigenvalue weighted by Gasteiger charge is -2.12. The quantitative estimate of drug-likeness (QED) is 0.749. The maximum absolute atomic E-state index is 11.8. The summed E-state index contributed by atoms with van der Waals surface area (Å²) in [6, 6.07) is 0. The van der Waals surface area contributed by atoms with Crippen LogP contribution >= 0.6 is 0 Å². The molecule has 2 aromatic rings. The Kier molecular flexibility index (Phi) is 2.21. The minimum atomic E-state index is 0.169. The molecule has 1 aliphatic carbocycles. The third kappa shape index (κ3) is 1.62. The molecule has 0 N–H and O–H groups in total. The molecule has 88 valence electrons. The molecule has 5 nitrogen and oxygen atoms in total. The topological polar surface area (TPSA) is 60.1 Å². The first kappa shape index (κ1) is 10.4. The molecule has 0 bridgehead atoms. The van der Waals surface area contributed by atoms with Crippen molar-refractivity contribution in [3.63, 3.8) is 0 Å². The number of ketones is 1. The van der Waals surface area contributed by atoms with Gasteiger partial charge in [0.15, 0.2) is 11.6 Å². The normalized spacial score (nSPS) is 15.6. The van der Waals surface area contributed by atoms with Crippen molar-refractivity contribution in [2.24, 2.45) is 0 Å². The molecular formula is C12H14N4O. The van der Waals surface area contributed by atoms with Crippen LogP contribution in [0.25, 0.3) is 5.78 Å². The maximum Gasteiger partial charge on any atom is 0.252 e. The summed E-state index contributed by atoms with van der Waals surface area (Å²) < 4.78 is 1.62. The molecule has 2 aromatic heterocycles. The van der Waals surface area contributed by atoms with E-state index in [1.807, 2.05) is 13.8 Å². The Balaban J connectivity index is 2.21. The predicted octanol–water partition coefficient (Wildman–Crippen LogP) is 1.77. The van der Waals surface area contributed by atoms with E-state index >= 15 is 0 Å². The van der Waals surface area contributed by atoms with Gasteiger partial charge in [0.25, 0.3) is 5.78 Å². The molecule has 0 saturated heterocycles. The van der Waals surface area contributed by atoms with Crippen molar-refractivity contribution in [1.29, 1.82) is 0 Å². The molecule has 0 saturated carbocycles. The Hall–Kier alpha value is -1.78. The minimum Gasteiger partial charge on any atom is -0.294 e. The number of aromatic nitrogens is 4. The van der Waals surface area contributed by atoms with E-state index in [1.165, 1.54) is 0 Å². The van der Waals surface area contributed by atoms with Gasteiger partial charge in [-0.3, -0.25) is 4.79 Å². The molecule has 0 unspecified atom stereocenters.